The summed E-state index contributed by atoms with van der Waals surface area (Å²) in [5.74, 6) is 0.603. The summed E-state index contributed by atoms with van der Waals surface area (Å²) < 4.78 is 9.21. The van der Waals surface area contributed by atoms with Crippen molar-refractivity contribution in [3.05, 3.63) is 71.2 Å². The molecule has 0 atom stereocenters. The van der Waals surface area contributed by atoms with Gasteiger partial charge in [0.25, 0.3) is 0 Å². The van der Waals surface area contributed by atoms with Gasteiger partial charge in [-0.2, -0.15) is 0 Å². The van der Waals surface area contributed by atoms with Crippen LogP contribution in [0.3, 0.4) is 0 Å². The maximum Gasteiger partial charge on any atom is 0.414 e. The molecule has 0 saturated heterocycles. The van der Waals surface area contributed by atoms with Gasteiger partial charge >= 0.3 is 6.09 Å². The molecule has 1 amide bonds. The van der Waals surface area contributed by atoms with Gasteiger partial charge in [-0.1, -0.05) is 11.3 Å². The molecule has 0 unspecified atom stereocenters. The predicted molar refractivity (Wildman–Crippen MR) is 140 cm³/mol. The SMILES string of the molecule is CC(C)(C)OC(=O)N1CCc2cc(CCC(=O)c3cn(Cc4cn5cc(C6CC6)ccc5n4)nn3)ncc21. The first-order valence-corrected chi connectivity index (χ1v) is 13.1. The fraction of sp³-hybridized carbons (Fsp3) is 0.429. The molecule has 0 aromatic carbocycles. The van der Waals surface area contributed by atoms with Crippen molar-refractivity contribution in [1.29, 1.82) is 0 Å². The first-order valence-electron chi connectivity index (χ1n) is 13.1. The Hall–Kier alpha value is -4.08. The lowest BCUT2D eigenvalue weighted by molar-refractivity contribution is 0.0583. The maximum absolute atomic E-state index is 12.8. The van der Waals surface area contributed by atoms with E-state index >= 15 is 0 Å². The van der Waals surface area contributed by atoms with Crippen LogP contribution in [-0.4, -0.2) is 53.4 Å². The van der Waals surface area contributed by atoms with Crippen LogP contribution in [0.2, 0.25) is 0 Å². The number of ether oxygens (including phenoxy) is 1. The zero-order valence-corrected chi connectivity index (χ0v) is 21.9. The predicted octanol–water partition coefficient (Wildman–Crippen LogP) is 4.36. The van der Waals surface area contributed by atoms with E-state index in [0.29, 0.717) is 31.1 Å². The highest BCUT2D eigenvalue weighted by atomic mass is 16.6. The van der Waals surface area contributed by atoms with Crippen LogP contribution in [0.1, 0.15) is 79.0 Å². The number of anilines is 1. The number of aromatic nitrogens is 6. The molecule has 6 rings (SSSR count). The normalized spacial score (nSPS) is 15.2. The second-order valence-electron chi connectivity index (χ2n) is 11.1. The van der Waals surface area contributed by atoms with Crippen LogP contribution in [-0.2, 0) is 24.1 Å². The van der Waals surface area contributed by atoms with Gasteiger partial charge in [0.2, 0.25) is 0 Å². The number of amides is 1. The smallest absolute Gasteiger partial charge is 0.414 e. The highest BCUT2D eigenvalue weighted by Crippen LogP contribution is 2.39. The average molecular weight is 514 g/mol. The minimum absolute atomic E-state index is 0.0852. The summed E-state index contributed by atoms with van der Waals surface area (Å²) in [5.41, 5.74) is 5.52. The van der Waals surface area contributed by atoms with Gasteiger partial charge in [-0.15, -0.1) is 5.10 Å². The fourth-order valence-corrected chi connectivity index (χ4v) is 4.81. The monoisotopic (exact) mass is 513 g/mol. The van der Waals surface area contributed by atoms with E-state index < -0.39 is 5.60 Å². The third kappa shape index (κ3) is 5.16. The average Bonchev–Trinajstić information content (AvgIpc) is 3.28. The Balaban J connectivity index is 1.06. The first kappa shape index (κ1) is 24.3. The van der Waals surface area contributed by atoms with Gasteiger partial charge in [0, 0.05) is 31.1 Å². The van der Waals surface area contributed by atoms with Crippen LogP contribution in [0.25, 0.3) is 5.65 Å². The molecule has 4 aromatic rings. The lowest BCUT2D eigenvalue weighted by atomic mass is 10.1. The Kier molecular flexibility index (Phi) is 5.97. The van der Waals surface area contributed by atoms with Crippen molar-refractivity contribution in [2.24, 2.45) is 0 Å². The second kappa shape index (κ2) is 9.34. The van der Waals surface area contributed by atoms with E-state index in [1.54, 1.807) is 22.0 Å². The minimum Gasteiger partial charge on any atom is -0.443 e. The Labute approximate surface area is 220 Å². The third-order valence-electron chi connectivity index (χ3n) is 6.86. The molecular weight excluding hydrogens is 482 g/mol. The number of hydrogen-bond acceptors (Lipinski definition) is 7. The minimum atomic E-state index is -0.554. The molecule has 2 aliphatic rings. The molecule has 4 aromatic heterocycles. The molecule has 10 nitrogen and oxygen atoms in total. The summed E-state index contributed by atoms with van der Waals surface area (Å²) >= 11 is 0. The number of pyridine rings is 2. The molecule has 0 bridgehead atoms. The van der Waals surface area contributed by atoms with Gasteiger partial charge in [0.15, 0.2) is 5.78 Å². The van der Waals surface area contributed by atoms with E-state index in [-0.39, 0.29) is 18.3 Å². The van der Waals surface area contributed by atoms with Crippen LogP contribution in [0, 0.1) is 0 Å². The maximum atomic E-state index is 12.8. The lowest BCUT2D eigenvalue weighted by Crippen LogP contribution is -2.35. The van der Waals surface area contributed by atoms with E-state index in [1.807, 2.05) is 33.0 Å². The number of imidazole rings is 1. The number of hydrogen-bond donors (Lipinski definition) is 0. The van der Waals surface area contributed by atoms with Gasteiger partial charge in [-0.25, -0.2) is 14.5 Å². The number of rotatable bonds is 7. The second-order valence-corrected chi connectivity index (χ2v) is 11.1. The van der Waals surface area contributed by atoms with Crippen molar-refractivity contribution in [2.45, 2.75) is 70.9 Å². The Bertz CT molecular complexity index is 1530. The Morgan fingerprint density at radius 1 is 1.11 bits per heavy atom. The molecule has 38 heavy (non-hydrogen) atoms. The van der Waals surface area contributed by atoms with E-state index in [1.165, 1.54) is 18.4 Å². The van der Waals surface area contributed by atoms with Crippen LogP contribution in [0.5, 0.6) is 0 Å². The van der Waals surface area contributed by atoms with Crippen LogP contribution < -0.4 is 4.90 Å². The molecule has 1 fully saturated rings. The number of carbonyl (C=O) groups excluding carboxylic acids is 2. The van der Waals surface area contributed by atoms with Crippen molar-refractivity contribution < 1.29 is 14.3 Å². The van der Waals surface area contributed by atoms with Gasteiger partial charge in [0.05, 0.1) is 30.3 Å². The largest absolute Gasteiger partial charge is 0.443 e. The molecule has 0 radical (unpaired) electrons. The summed E-state index contributed by atoms with van der Waals surface area (Å²) in [7, 11) is 0. The molecule has 1 aliphatic carbocycles. The number of ketones is 1. The highest BCUT2D eigenvalue weighted by Gasteiger charge is 2.29. The van der Waals surface area contributed by atoms with Gasteiger partial charge < -0.3 is 9.14 Å². The number of carbonyl (C=O) groups is 2. The van der Waals surface area contributed by atoms with E-state index in [0.717, 1.165) is 34.7 Å². The Morgan fingerprint density at radius 3 is 2.74 bits per heavy atom. The summed E-state index contributed by atoms with van der Waals surface area (Å²) in [4.78, 5) is 36.1. The molecule has 1 saturated carbocycles. The first-order chi connectivity index (χ1) is 18.2. The topological polar surface area (TPSA) is 108 Å². The van der Waals surface area contributed by atoms with Gasteiger partial charge in [-0.05, 0) is 75.6 Å². The van der Waals surface area contributed by atoms with Crippen molar-refractivity contribution >= 4 is 23.2 Å². The van der Waals surface area contributed by atoms with E-state index in [2.05, 4.69) is 43.0 Å². The zero-order chi connectivity index (χ0) is 26.4. The quantitative estimate of drug-likeness (QED) is 0.338. The van der Waals surface area contributed by atoms with Crippen LogP contribution in [0.15, 0.2) is 43.0 Å². The molecule has 196 valence electrons. The molecule has 10 heteroatoms. The third-order valence-corrected chi connectivity index (χ3v) is 6.86. The zero-order valence-electron chi connectivity index (χ0n) is 21.9. The van der Waals surface area contributed by atoms with E-state index in [4.69, 9.17) is 4.74 Å². The lowest BCUT2D eigenvalue weighted by Gasteiger charge is -2.24. The van der Waals surface area contributed by atoms with Gasteiger partial charge in [0.1, 0.15) is 16.9 Å². The van der Waals surface area contributed by atoms with Crippen LogP contribution >= 0.6 is 0 Å². The van der Waals surface area contributed by atoms with Crippen molar-refractivity contribution in [2.75, 3.05) is 11.4 Å². The highest BCUT2D eigenvalue weighted by molar-refractivity contribution is 5.94. The Morgan fingerprint density at radius 2 is 1.95 bits per heavy atom. The molecule has 0 spiro atoms. The molecule has 0 N–H and O–H groups in total. The molecule has 5 heterocycles. The van der Waals surface area contributed by atoms with Crippen molar-refractivity contribution in [3.8, 4) is 0 Å². The summed E-state index contributed by atoms with van der Waals surface area (Å²) in [6, 6.07) is 6.18. The van der Waals surface area contributed by atoms with E-state index in [9.17, 15) is 9.59 Å². The summed E-state index contributed by atoms with van der Waals surface area (Å²) in [6.45, 7) is 6.56. The number of aryl methyl sites for hydroxylation is 1. The molecule has 1 aliphatic heterocycles. The van der Waals surface area contributed by atoms with Crippen LogP contribution in [0.4, 0.5) is 10.5 Å². The summed E-state index contributed by atoms with van der Waals surface area (Å²) in [6.07, 6.45) is 11.2. The fourth-order valence-electron chi connectivity index (χ4n) is 4.81. The number of nitrogens with zero attached hydrogens (tertiary/aromatic N) is 7. The standard InChI is InChI=1S/C28H31N7O3/c1-28(2,3)38-27(37)35-11-10-19-12-21(29-13-24(19)35)7-8-25(36)23-17-34(32-31-23)16-22-15-33-14-20(18-4-5-18)6-9-26(33)30-22/h6,9,12-15,17-18H,4-5,7-8,10-11,16H2,1-3H3. The van der Waals surface area contributed by atoms with Crippen molar-refractivity contribution in [3.63, 3.8) is 0 Å². The number of Topliss-reactive ketones (excluding diaryl/α,β-unsaturated/α-hetero) is 1. The van der Waals surface area contributed by atoms with Crippen molar-refractivity contribution in [1.82, 2.24) is 29.4 Å². The molecular formula is C28H31N7O3. The summed E-state index contributed by atoms with van der Waals surface area (Å²) in [5, 5.41) is 8.23. The van der Waals surface area contributed by atoms with Gasteiger partial charge in [-0.3, -0.25) is 14.7 Å². The number of fused-ring (bicyclic) bond motifs is 2.